The summed E-state index contributed by atoms with van der Waals surface area (Å²) < 4.78 is 34.9. The smallest absolute Gasteiger partial charge is 0.462 e. The Labute approximate surface area is 632 Å². The van der Waals surface area contributed by atoms with Crippen LogP contribution in [0, 0.1) is 0 Å². The molecule has 0 aliphatic heterocycles. The fourth-order valence-electron chi connectivity index (χ4n) is 12.4. The zero-order chi connectivity index (χ0) is 74.0. The second-order valence-corrected chi connectivity index (χ2v) is 31.6. The Kier molecular flexibility index (Phi) is 78.6. The quantitative estimate of drug-likeness (QED) is 0.0211. The predicted octanol–water partition coefficient (Wildman–Crippen LogP) is 29.3. The Morgan fingerprint density at radius 3 is 0.833 bits per heavy atom. The van der Waals surface area contributed by atoms with Crippen molar-refractivity contribution in [3.63, 3.8) is 0 Å². The van der Waals surface area contributed by atoms with Crippen LogP contribution >= 0.6 is 7.82 Å². The summed E-state index contributed by atoms with van der Waals surface area (Å²) in [6.07, 6.45) is 118. The summed E-state index contributed by atoms with van der Waals surface area (Å²) in [6.45, 7) is 4.35. The summed E-state index contributed by atoms with van der Waals surface area (Å²) in [5, 5.41) is 0. The number of esters is 2. The zero-order valence-electron chi connectivity index (χ0n) is 67.6. The normalized spacial score (nSPS) is 13.6. The number of carbonyl (C=O) groups is 2. The van der Waals surface area contributed by atoms with E-state index in [9.17, 15) is 19.0 Å². The van der Waals surface area contributed by atoms with Crippen molar-refractivity contribution in [3.05, 3.63) is 122 Å². The van der Waals surface area contributed by atoms with Crippen molar-refractivity contribution in [1.29, 1.82) is 0 Å². The molecule has 0 fully saturated rings. The number of carbonyl (C=O) groups excluding carboxylic acids is 2. The van der Waals surface area contributed by atoms with Gasteiger partial charge in [0.05, 0.1) is 27.7 Å². The van der Waals surface area contributed by atoms with Gasteiger partial charge < -0.3 is 18.9 Å². The third-order valence-corrected chi connectivity index (χ3v) is 20.0. The molecule has 0 aromatic heterocycles. The standard InChI is InChI=1S/C92H164NO8P/c1-6-8-10-12-14-16-18-20-22-24-26-28-30-32-34-36-38-40-42-44-45-46-47-49-50-52-54-56-58-60-62-64-66-68-70-72-74-76-78-80-82-84-91(94)98-88-90(89-100-102(96,97)99-87-86-93(3,4)5)101-92(95)85-83-81-79-77-75-73-71-69-67-65-63-61-59-57-55-53-51-48-43-41-39-37-35-33-31-29-27-25-23-21-19-17-15-13-11-9-7-2/h9,11,15,17-18,20-21,23-24,26-27,29-30,32-33,35,39,41,48,51,90H,6-8,10,12-14,16,19,22,25,28,31,34,36-38,40,42-47,49-50,52-89H2,1-5H3/p+1/b11-9-,17-15-,20-18-,23-21-,26-24-,29-27-,32-30-,35-33-,41-39-,51-48-. The molecule has 9 nitrogen and oxygen atoms in total. The molecule has 10 heteroatoms. The van der Waals surface area contributed by atoms with E-state index in [1.165, 1.54) is 270 Å². The van der Waals surface area contributed by atoms with Crippen molar-refractivity contribution in [2.45, 2.75) is 405 Å². The van der Waals surface area contributed by atoms with Gasteiger partial charge in [0.25, 0.3) is 0 Å². The minimum atomic E-state index is -4.40. The highest BCUT2D eigenvalue weighted by Crippen LogP contribution is 2.43. The molecular formula is C92H165NO8P+. The minimum Gasteiger partial charge on any atom is -0.462 e. The van der Waals surface area contributed by atoms with E-state index in [0.717, 1.165) is 96.3 Å². The molecule has 0 radical (unpaired) electrons. The lowest BCUT2D eigenvalue weighted by atomic mass is 10.0. The van der Waals surface area contributed by atoms with Gasteiger partial charge in [0.1, 0.15) is 19.8 Å². The maximum absolute atomic E-state index is 12.9. The number of rotatable bonds is 80. The van der Waals surface area contributed by atoms with Crippen LogP contribution in [0.25, 0.3) is 0 Å². The van der Waals surface area contributed by atoms with Gasteiger partial charge in [-0.05, 0) is 109 Å². The third-order valence-electron chi connectivity index (χ3n) is 19.0. The first-order chi connectivity index (χ1) is 50.0. The van der Waals surface area contributed by atoms with Gasteiger partial charge in [-0.1, -0.05) is 399 Å². The molecule has 102 heavy (non-hydrogen) atoms. The van der Waals surface area contributed by atoms with Gasteiger partial charge in [0.15, 0.2) is 6.10 Å². The molecule has 0 aliphatic carbocycles. The monoisotopic (exact) mass is 1440 g/mol. The molecule has 2 unspecified atom stereocenters. The summed E-state index contributed by atoms with van der Waals surface area (Å²) >= 11 is 0. The molecule has 0 spiro atoms. The van der Waals surface area contributed by atoms with E-state index < -0.39 is 26.5 Å². The molecule has 0 aromatic rings. The number of ether oxygens (including phenoxy) is 2. The summed E-state index contributed by atoms with van der Waals surface area (Å²) in [6, 6.07) is 0. The van der Waals surface area contributed by atoms with E-state index in [4.69, 9.17) is 18.5 Å². The molecule has 1 N–H and O–H groups in total. The molecule has 0 heterocycles. The van der Waals surface area contributed by atoms with E-state index in [2.05, 4.69) is 135 Å². The number of unbranched alkanes of at least 4 members (excludes halogenated alkanes) is 46. The van der Waals surface area contributed by atoms with Crippen LogP contribution in [0.5, 0.6) is 0 Å². The van der Waals surface area contributed by atoms with Crippen LogP contribution in [0.15, 0.2) is 122 Å². The van der Waals surface area contributed by atoms with Gasteiger partial charge in [-0.25, -0.2) is 4.57 Å². The Bertz CT molecular complexity index is 2140. The maximum Gasteiger partial charge on any atom is 0.472 e. The Hall–Kier alpha value is -3.59. The van der Waals surface area contributed by atoms with Gasteiger partial charge in [-0.15, -0.1) is 0 Å². The first-order valence-corrected chi connectivity index (χ1v) is 44.8. The third kappa shape index (κ3) is 85.3. The molecule has 0 aromatic carbocycles. The number of phosphoric ester groups is 1. The molecule has 0 aliphatic rings. The van der Waals surface area contributed by atoms with Crippen LogP contribution in [-0.4, -0.2) is 74.9 Å². The van der Waals surface area contributed by atoms with Crippen molar-refractivity contribution in [3.8, 4) is 0 Å². The van der Waals surface area contributed by atoms with E-state index >= 15 is 0 Å². The van der Waals surface area contributed by atoms with Crippen LogP contribution < -0.4 is 0 Å². The lowest BCUT2D eigenvalue weighted by molar-refractivity contribution is -0.870. The van der Waals surface area contributed by atoms with E-state index in [0.29, 0.717) is 17.4 Å². The number of hydrogen-bond acceptors (Lipinski definition) is 7. The van der Waals surface area contributed by atoms with Gasteiger partial charge in [0.2, 0.25) is 0 Å². The Morgan fingerprint density at radius 1 is 0.314 bits per heavy atom. The molecule has 0 bridgehead atoms. The average molecular weight is 1440 g/mol. The lowest BCUT2D eigenvalue weighted by Crippen LogP contribution is -2.37. The highest BCUT2D eigenvalue weighted by atomic mass is 31.2. The number of likely N-dealkylation sites (N-methyl/N-ethyl adjacent to an activating group) is 1. The average Bonchev–Trinajstić information content (AvgIpc) is 0.913. The first kappa shape index (κ1) is 98.4. The SMILES string of the molecule is CC/C=C\C/C=C\C/C=C\C/C=C\C/C=C\C/C=C\C/C=C\CCCCCCCCCCCCCCCCCC(=O)OC(COC(=O)CCCCCCCCCCCCCCCCCCCCCCCCCCCC/C=C\C/C=C\C/C=C\CCCCCCC)COP(=O)(O)OCC[N+](C)(C)C. The largest absolute Gasteiger partial charge is 0.472 e. The zero-order valence-corrected chi connectivity index (χ0v) is 68.5. The molecule has 590 valence electrons. The maximum atomic E-state index is 12.9. The fraction of sp³-hybridized carbons (Fsp3) is 0.761. The fourth-order valence-corrected chi connectivity index (χ4v) is 13.2. The van der Waals surface area contributed by atoms with Crippen LogP contribution in [0.2, 0.25) is 0 Å². The van der Waals surface area contributed by atoms with Crippen LogP contribution in [0.1, 0.15) is 399 Å². The first-order valence-electron chi connectivity index (χ1n) is 43.3. The second kappa shape index (κ2) is 81.5. The van der Waals surface area contributed by atoms with Gasteiger partial charge in [-0.3, -0.25) is 18.6 Å². The van der Waals surface area contributed by atoms with E-state index in [-0.39, 0.29) is 32.0 Å². The summed E-state index contributed by atoms with van der Waals surface area (Å²) in [4.78, 5) is 36.0. The molecule has 0 rings (SSSR count). The highest BCUT2D eigenvalue weighted by Gasteiger charge is 2.27. The highest BCUT2D eigenvalue weighted by molar-refractivity contribution is 7.47. The van der Waals surface area contributed by atoms with Crippen LogP contribution in [0.3, 0.4) is 0 Å². The van der Waals surface area contributed by atoms with Gasteiger partial charge >= 0.3 is 19.8 Å². The van der Waals surface area contributed by atoms with Crippen molar-refractivity contribution in [2.75, 3.05) is 47.5 Å². The Morgan fingerprint density at radius 2 is 0.559 bits per heavy atom. The number of hydrogen-bond donors (Lipinski definition) is 1. The summed E-state index contributed by atoms with van der Waals surface area (Å²) in [5.74, 6) is -0.783. The van der Waals surface area contributed by atoms with Gasteiger partial charge in [0, 0.05) is 12.8 Å². The number of quaternary nitrogens is 1. The van der Waals surface area contributed by atoms with Crippen LogP contribution in [-0.2, 0) is 32.7 Å². The number of nitrogens with zero attached hydrogens (tertiary/aromatic N) is 1. The van der Waals surface area contributed by atoms with Crippen molar-refractivity contribution in [1.82, 2.24) is 0 Å². The Balaban J connectivity index is 3.91. The summed E-state index contributed by atoms with van der Waals surface area (Å²) in [7, 11) is 1.49. The predicted molar refractivity (Wildman–Crippen MR) is 445 cm³/mol. The molecule has 0 amide bonds. The van der Waals surface area contributed by atoms with E-state index in [1.807, 2.05) is 21.1 Å². The van der Waals surface area contributed by atoms with Crippen molar-refractivity contribution >= 4 is 19.8 Å². The van der Waals surface area contributed by atoms with Crippen molar-refractivity contribution < 1.29 is 42.1 Å². The van der Waals surface area contributed by atoms with Crippen LogP contribution in [0.4, 0.5) is 0 Å². The van der Waals surface area contributed by atoms with Crippen molar-refractivity contribution in [2.24, 2.45) is 0 Å². The topological polar surface area (TPSA) is 108 Å². The lowest BCUT2D eigenvalue weighted by Gasteiger charge is -2.24. The minimum absolute atomic E-state index is 0.0302. The molecular weight excluding hydrogens is 1280 g/mol. The van der Waals surface area contributed by atoms with E-state index in [1.54, 1.807) is 0 Å². The molecule has 0 saturated heterocycles. The summed E-state index contributed by atoms with van der Waals surface area (Å²) in [5.41, 5.74) is 0. The number of allylic oxidation sites excluding steroid dienone is 20. The number of phosphoric acid groups is 1. The van der Waals surface area contributed by atoms with Gasteiger partial charge in [-0.2, -0.15) is 0 Å². The second-order valence-electron chi connectivity index (χ2n) is 30.2. The molecule has 2 atom stereocenters. The molecule has 0 saturated carbocycles.